The Hall–Kier alpha value is -2.57. The number of ether oxygens (including phenoxy) is 4. The van der Waals surface area contributed by atoms with E-state index in [4.69, 9.17) is 18.9 Å². The van der Waals surface area contributed by atoms with E-state index >= 15 is 0 Å². The van der Waals surface area contributed by atoms with Crippen molar-refractivity contribution in [3.8, 4) is 0 Å². The Balaban J connectivity index is 1.70. The van der Waals surface area contributed by atoms with Gasteiger partial charge in [-0.15, -0.1) is 0 Å². The van der Waals surface area contributed by atoms with E-state index in [9.17, 15) is 45.6 Å². The van der Waals surface area contributed by atoms with Crippen LogP contribution in [0.1, 0.15) is 245 Å². The van der Waals surface area contributed by atoms with Crippen LogP contribution in [0, 0.1) is 0 Å². The van der Waals surface area contributed by atoms with Gasteiger partial charge in [0.1, 0.15) is 48.8 Å². The normalized spacial score (nSPS) is 24.7. The maximum Gasteiger partial charge on any atom is 0.220 e. The largest absolute Gasteiger partial charge is 0.394 e. The van der Waals surface area contributed by atoms with Crippen LogP contribution in [0.2, 0.25) is 0 Å². The number of allylic oxidation sites excluding steroid dienone is 12. The van der Waals surface area contributed by atoms with Gasteiger partial charge in [0.2, 0.25) is 5.91 Å². The van der Waals surface area contributed by atoms with Gasteiger partial charge >= 0.3 is 0 Å². The van der Waals surface area contributed by atoms with Gasteiger partial charge < -0.3 is 65.1 Å². The van der Waals surface area contributed by atoms with Crippen LogP contribution in [-0.2, 0) is 23.7 Å². The number of unbranched alkanes of at least 4 members (excludes halogenated alkanes) is 26. The van der Waals surface area contributed by atoms with E-state index < -0.39 is 86.8 Å². The first-order valence-corrected chi connectivity index (χ1v) is 32.2. The van der Waals surface area contributed by atoms with Crippen molar-refractivity contribution in [3.63, 3.8) is 0 Å². The molecule has 0 aliphatic carbocycles. The molecule has 2 aliphatic rings. The average Bonchev–Trinajstić information content (AvgIpc) is 3.46. The molecule has 14 heteroatoms. The summed E-state index contributed by atoms with van der Waals surface area (Å²) in [7, 11) is 0. The average molecular weight is 1130 g/mol. The highest BCUT2D eigenvalue weighted by atomic mass is 16.7. The fourth-order valence-electron chi connectivity index (χ4n) is 10.3. The lowest BCUT2D eigenvalue weighted by molar-refractivity contribution is -0.359. The van der Waals surface area contributed by atoms with Crippen LogP contribution < -0.4 is 5.32 Å². The third-order valence-electron chi connectivity index (χ3n) is 15.4. The summed E-state index contributed by atoms with van der Waals surface area (Å²) in [5.74, 6) is -0.213. The molecule has 1 amide bonds. The van der Waals surface area contributed by atoms with E-state index in [0.29, 0.717) is 19.3 Å². The van der Waals surface area contributed by atoms with Crippen molar-refractivity contribution < 1.29 is 64.6 Å². The van der Waals surface area contributed by atoms with E-state index in [2.05, 4.69) is 92.1 Å². The number of carbonyl (C=O) groups is 1. The number of hydrogen-bond acceptors (Lipinski definition) is 13. The Morgan fingerprint density at radius 1 is 0.463 bits per heavy atom. The third kappa shape index (κ3) is 35.5. The Bertz CT molecular complexity index is 1620. The first-order valence-electron chi connectivity index (χ1n) is 32.2. The highest BCUT2D eigenvalue weighted by molar-refractivity contribution is 5.76. The van der Waals surface area contributed by atoms with Crippen molar-refractivity contribution in [1.82, 2.24) is 5.32 Å². The zero-order valence-corrected chi connectivity index (χ0v) is 50.1. The number of nitrogens with one attached hydrogen (secondary N) is 1. The lowest BCUT2D eigenvalue weighted by Crippen LogP contribution is -2.65. The van der Waals surface area contributed by atoms with Crippen molar-refractivity contribution in [2.75, 3.05) is 19.8 Å². The van der Waals surface area contributed by atoms with Crippen molar-refractivity contribution in [3.05, 3.63) is 72.9 Å². The lowest BCUT2D eigenvalue weighted by Gasteiger charge is -2.46. The van der Waals surface area contributed by atoms with Gasteiger partial charge in [0.15, 0.2) is 12.6 Å². The van der Waals surface area contributed by atoms with Crippen molar-refractivity contribution in [2.24, 2.45) is 0 Å². The summed E-state index contributed by atoms with van der Waals surface area (Å²) in [6, 6.07) is -0.835. The topological polar surface area (TPSA) is 228 Å². The molecule has 464 valence electrons. The summed E-state index contributed by atoms with van der Waals surface area (Å²) in [5.41, 5.74) is 0. The minimum absolute atomic E-state index is 0.213. The SMILES string of the molecule is CC/C=C\C/C=C\C/C=C\C/C=C\C/C=C\C/C=C\CCCCCCCCCCCCC(=O)NC(COC1OC(CO)C(OC2OC(CO)C(O)C(O)C2O)C(O)C1O)C(O)CCCCCCCCCCCCCCCCCCC. The molecule has 9 N–H and O–H groups in total. The van der Waals surface area contributed by atoms with Crippen molar-refractivity contribution in [1.29, 1.82) is 0 Å². The van der Waals surface area contributed by atoms with Crippen LogP contribution in [0.15, 0.2) is 72.9 Å². The quantitative estimate of drug-likeness (QED) is 0.0204. The highest BCUT2D eigenvalue weighted by Gasteiger charge is 2.51. The first kappa shape index (κ1) is 73.5. The predicted molar refractivity (Wildman–Crippen MR) is 323 cm³/mol. The van der Waals surface area contributed by atoms with Gasteiger partial charge in [-0.25, -0.2) is 0 Å². The van der Waals surface area contributed by atoms with Gasteiger partial charge in [-0.05, 0) is 64.2 Å². The Labute approximate surface area is 485 Å². The van der Waals surface area contributed by atoms with E-state index in [1.54, 1.807) is 0 Å². The monoisotopic (exact) mass is 1130 g/mol. The predicted octanol–water partition coefficient (Wildman–Crippen LogP) is 11.9. The molecule has 2 fully saturated rings. The van der Waals surface area contributed by atoms with Crippen LogP contribution in [0.5, 0.6) is 0 Å². The molecular formula is C66H117NO13. The zero-order chi connectivity index (χ0) is 58.1. The standard InChI is InChI=1S/C66H117NO13/c1-3-5-7-9-11-13-15-17-19-21-22-23-24-25-26-27-28-29-30-31-32-34-36-38-40-42-44-46-48-50-58(71)67-54(55(70)49-47-45-43-41-39-37-35-33-20-18-16-14-12-10-8-6-4-2)53-77-65-63(76)61(74)64(57(52-69)79-65)80-66-62(75)60(73)59(72)56(51-68)78-66/h5,7,11,13,17,19,22-23,25-26,28-29,54-57,59-66,68-70,72-76H,3-4,6,8-10,12,14-16,18,20-21,24,27,30-53H2,1-2H3,(H,67,71)/b7-5-,13-11-,19-17-,23-22-,26-25-,29-28-. The second kappa shape index (κ2) is 50.9. The molecule has 0 radical (unpaired) electrons. The number of rotatable bonds is 51. The third-order valence-corrected chi connectivity index (χ3v) is 15.4. The van der Waals surface area contributed by atoms with Gasteiger partial charge in [0.25, 0.3) is 0 Å². The fourth-order valence-corrected chi connectivity index (χ4v) is 10.3. The number of carbonyl (C=O) groups excluding carboxylic acids is 1. The Morgan fingerprint density at radius 2 is 0.863 bits per heavy atom. The molecule has 2 rings (SSSR count). The van der Waals surface area contributed by atoms with Gasteiger partial charge in [0.05, 0.1) is 32.0 Å². The van der Waals surface area contributed by atoms with Crippen LogP contribution in [0.3, 0.4) is 0 Å². The molecule has 0 aromatic rings. The van der Waals surface area contributed by atoms with Gasteiger partial charge in [-0.1, -0.05) is 247 Å². The van der Waals surface area contributed by atoms with E-state index in [1.807, 2.05) is 0 Å². The number of hydrogen-bond donors (Lipinski definition) is 9. The summed E-state index contributed by atoms with van der Waals surface area (Å²) >= 11 is 0. The van der Waals surface area contributed by atoms with Crippen molar-refractivity contribution >= 4 is 5.91 Å². The molecule has 0 spiro atoms. The van der Waals surface area contributed by atoms with Gasteiger partial charge in [0, 0.05) is 6.42 Å². The van der Waals surface area contributed by atoms with Crippen molar-refractivity contribution in [2.45, 2.75) is 319 Å². The maximum atomic E-state index is 13.3. The van der Waals surface area contributed by atoms with Gasteiger partial charge in [-0.3, -0.25) is 4.79 Å². The Kier molecular flexibility index (Phi) is 46.8. The van der Waals surface area contributed by atoms with E-state index in [1.165, 1.54) is 122 Å². The highest BCUT2D eigenvalue weighted by Crippen LogP contribution is 2.30. The summed E-state index contributed by atoms with van der Waals surface area (Å²) in [5, 5.41) is 87.4. The molecule has 0 aromatic carbocycles. The fraction of sp³-hybridized carbons (Fsp3) is 0.803. The zero-order valence-electron chi connectivity index (χ0n) is 50.1. The Morgan fingerprint density at radius 3 is 1.32 bits per heavy atom. The van der Waals surface area contributed by atoms with Crippen LogP contribution in [0.4, 0.5) is 0 Å². The molecule has 2 saturated heterocycles. The molecule has 2 aliphatic heterocycles. The number of aliphatic hydroxyl groups is 8. The number of amides is 1. The molecule has 0 saturated carbocycles. The summed E-state index contributed by atoms with van der Waals surface area (Å²) in [4.78, 5) is 13.3. The van der Waals surface area contributed by atoms with Crippen LogP contribution >= 0.6 is 0 Å². The summed E-state index contributed by atoms with van der Waals surface area (Å²) in [6.07, 6.45) is 50.4. The second-order valence-electron chi connectivity index (χ2n) is 22.5. The minimum atomic E-state index is -1.79. The minimum Gasteiger partial charge on any atom is -0.394 e. The summed E-state index contributed by atoms with van der Waals surface area (Å²) < 4.78 is 22.9. The molecule has 0 aromatic heterocycles. The van der Waals surface area contributed by atoms with Gasteiger partial charge in [-0.2, -0.15) is 0 Å². The molecule has 12 atom stereocenters. The molecule has 2 heterocycles. The molecule has 14 nitrogen and oxygen atoms in total. The van der Waals surface area contributed by atoms with E-state index in [0.717, 1.165) is 89.9 Å². The molecule has 80 heavy (non-hydrogen) atoms. The molecule has 0 bridgehead atoms. The number of aliphatic hydroxyl groups excluding tert-OH is 8. The second-order valence-corrected chi connectivity index (χ2v) is 22.5. The van der Waals surface area contributed by atoms with Crippen LogP contribution in [0.25, 0.3) is 0 Å². The maximum absolute atomic E-state index is 13.3. The smallest absolute Gasteiger partial charge is 0.220 e. The summed E-state index contributed by atoms with van der Waals surface area (Å²) in [6.45, 7) is 2.76. The lowest BCUT2D eigenvalue weighted by atomic mass is 9.97. The molecule has 12 unspecified atom stereocenters. The first-order chi connectivity index (χ1) is 39.1. The van der Waals surface area contributed by atoms with E-state index in [-0.39, 0.29) is 12.5 Å². The molecular weight excluding hydrogens is 1010 g/mol. The van der Waals surface area contributed by atoms with Crippen LogP contribution in [-0.4, -0.2) is 140 Å².